The van der Waals surface area contributed by atoms with Gasteiger partial charge in [0.05, 0.1) is 10.7 Å². The Morgan fingerprint density at radius 2 is 2.06 bits per heavy atom. The maximum atomic E-state index is 12.3. The van der Waals surface area contributed by atoms with E-state index in [-0.39, 0.29) is 22.0 Å². The molecular weight excluding hydrogens is 275 g/mol. The zero-order valence-electron chi connectivity index (χ0n) is 9.74. The van der Waals surface area contributed by atoms with Gasteiger partial charge in [0.2, 0.25) is 11.7 Å². The molecule has 0 atom stereocenters. The highest BCUT2D eigenvalue weighted by molar-refractivity contribution is 6.37. The summed E-state index contributed by atoms with van der Waals surface area (Å²) in [5.74, 6) is -0.584. The van der Waals surface area contributed by atoms with Gasteiger partial charge < -0.3 is 5.11 Å². The Balaban J connectivity index is 2.58. The van der Waals surface area contributed by atoms with Crippen LogP contribution in [0.5, 0.6) is 5.88 Å². The lowest BCUT2D eigenvalue weighted by Crippen LogP contribution is -2.03. The SMILES string of the molecule is Cc1nn(C)c(O)c1C(=O)c1cc(Cl)ccc1Cl. The number of carbonyl (C=O) groups is 1. The van der Waals surface area contributed by atoms with E-state index in [0.29, 0.717) is 10.7 Å². The smallest absolute Gasteiger partial charge is 0.220 e. The predicted octanol–water partition coefficient (Wildman–Crippen LogP) is 2.97. The number of halogens is 2. The molecule has 94 valence electrons. The van der Waals surface area contributed by atoms with Gasteiger partial charge in [-0.05, 0) is 25.1 Å². The Bertz CT molecular complexity index is 635. The van der Waals surface area contributed by atoms with Gasteiger partial charge in [-0.1, -0.05) is 23.2 Å². The molecule has 0 amide bonds. The Morgan fingerprint density at radius 3 is 2.61 bits per heavy atom. The van der Waals surface area contributed by atoms with Gasteiger partial charge in [-0.25, -0.2) is 4.68 Å². The first-order chi connectivity index (χ1) is 8.41. The molecule has 0 bridgehead atoms. The maximum Gasteiger partial charge on any atom is 0.220 e. The van der Waals surface area contributed by atoms with Crippen molar-refractivity contribution in [1.29, 1.82) is 0 Å². The van der Waals surface area contributed by atoms with E-state index in [0.717, 1.165) is 0 Å². The lowest BCUT2D eigenvalue weighted by Gasteiger charge is -2.04. The summed E-state index contributed by atoms with van der Waals surface area (Å²) < 4.78 is 1.24. The predicted molar refractivity (Wildman–Crippen MR) is 69.5 cm³/mol. The van der Waals surface area contributed by atoms with Crippen LogP contribution in [0.15, 0.2) is 18.2 Å². The molecule has 2 rings (SSSR count). The van der Waals surface area contributed by atoms with Gasteiger partial charge in [0.25, 0.3) is 0 Å². The van der Waals surface area contributed by atoms with E-state index in [1.165, 1.54) is 10.7 Å². The summed E-state index contributed by atoms with van der Waals surface area (Å²) >= 11 is 11.8. The number of aryl methyl sites for hydroxylation is 2. The van der Waals surface area contributed by atoms with E-state index in [4.69, 9.17) is 23.2 Å². The Morgan fingerprint density at radius 1 is 1.39 bits per heavy atom. The van der Waals surface area contributed by atoms with Crippen LogP contribution in [0, 0.1) is 6.92 Å². The second kappa shape index (κ2) is 4.63. The molecule has 6 heteroatoms. The summed E-state index contributed by atoms with van der Waals surface area (Å²) in [6.07, 6.45) is 0. The highest BCUT2D eigenvalue weighted by atomic mass is 35.5. The Labute approximate surface area is 114 Å². The van der Waals surface area contributed by atoms with E-state index >= 15 is 0 Å². The van der Waals surface area contributed by atoms with Crippen LogP contribution in [0.4, 0.5) is 0 Å². The fraction of sp³-hybridized carbons (Fsp3) is 0.167. The summed E-state index contributed by atoms with van der Waals surface area (Å²) in [7, 11) is 1.55. The molecule has 18 heavy (non-hydrogen) atoms. The van der Waals surface area contributed by atoms with Crippen molar-refractivity contribution in [3.05, 3.63) is 45.1 Å². The fourth-order valence-electron chi connectivity index (χ4n) is 1.72. The number of hydrogen-bond donors (Lipinski definition) is 1. The van der Waals surface area contributed by atoms with Crippen molar-refractivity contribution in [3.63, 3.8) is 0 Å². The summed E-state index contributed by atoms with van der Waals surface area (Å²) in [5.41, 5.74) is 0.827. The number of rotatable bonds is 2. The van der Waals surface area contributed by atoms with Crippen LogP contribution in [0.25, 0.3) is 0 Å². The van der Waals surface area contributed by atoms with Crippen molar-refractivity contribution in [2.24, 2.45) is 7.05 Å². The molecule has 1 N–H and O–H groups in total. The first-order valence-corrected chi connectivity index (χ1v) is 5.89. The van der Waals surface area contributed by atoms with Crippen molar-refractivity contribution in [3.8, 4) is 5.88 Å². The van der Waals surface area contributed by atoms with Gasteiger partial charge in [0.15, 0.2) is 0 Å². The van der Waals surface area contributed by atoms with Gasteiger partial charge in [-0.15, -0.1) is 0 Å². The second-order valence-electron chi connectivity index (χ2n) is 3.86. The number of ketones is 1. The van der Waals surface area contributed by atoms with Gasteiger partial charge in [0, 0.05) is 17.6 Å². The number of hydrogen-bond acceptors (Lipinski definition) is 3. The first-order valence-electron chi connectivity index (χ1n) is 5.14. The first kappa shape index (κ1) is 12.9. The minimum atomic E-state index is -0.398. The highest BCUT2D eigenvalue weighted by Gasteiger charge is 2.23. The molecule has 0 aliphatic rings. The second-order valence-corrected chi connectivity index (χ2v) is 4.70. The number of benzene rings is 1. The molecule has 0 aliphatic heterocycles. The molecule has 0 fully saturated rings. The van der Waals surface area contributed by atoms with Gasteiger partial charge >= 0.3 is 0 Å². The van der Waals surface area contributed by atoms with Gasteiger partial charge in [-0.3, -0.25) is 4.79 Å². The minimum absolute atomic E-state index is 0.140. The van der Waals surface area contributed by atoms with Gasteiger partial charge in [0.1, 0.15) is 5.56 Å². The third-order valence-corrected chi connectivity index (χ3v) is 3.16. The molecule has 1 heterocycles. The quantitative estimate of drug-likeness (QED) is 0.863. The molecule has 0 saturated heterocycles. The number of nitrogens with zero attached hydrogens (tertiary/aromatic N) is 2. The topological polar surface area (TPSA) is 55.1 Å². The molecule has 4 nitrogen and oxygen atoms in total. The van der Waals surface area contributed by atoms with E-state index in [1.54, 1.807) is 26.1 Å². The van der Waals surface area contributed by atoms with E-state index in [9.17, 15) is 9.90 Å². The normalized spacial score (nSPS) is 10.7. The number of aromatic nitrogens is 2. The third-order valence-electron chi connectivity index (χ3n) is 2.59. The van der Waals surface area contributed by atoms with Crippen LogP contribution in [0.3, 0.4) is 0 Å². The minimum Gasteiger partial charge on any atom is -0.493 e. The monoisotopic (exact) mass is 284 g/mol. The molecule has 2 aromatic rings. The van der Waals surface area contributed by atoms with Gasteiger partial charge in [-0.2, -0.15) is 5.10 Å². The van der Waals surface area contributed by atoms with Crippen LogP contribution in [-0.4, -0.2) is 20.7 Å². The maximum absolute atomic E-state index is 12.3. The average molecular weight is 285 g/mol. The third kappa shape index (κ3) is 2.09. The largest absolute Gasteiger partial charge is 0.493 e. The van der Waals surface area contributed by atoms with Crippen molar-refractivity contribution >= 4 is 29.0 Å². The zero-order chi connectivity index (χ0) is 13.4. The van der Waals surface area contributed by atoms with E-state index < -0.39 is 5.78 Å². The number of aromatic hydroxyl groups is 1. The van der Waals surface area contributed by atoms with Crippen molar-refractivity contribution in [1.82, 2.24) is 9.78 Å². The summed E-state index contributed by atoms with van der Waals surface area (Å²) in [6.45, 7) is 1.64. The molecule has 0 unspecified atom stereocenters. The van der Waals surface area contributed by atoms with Crippen LogP contribution in [-0.2, 0) is 7.05 Å². The van der Waals surface area contributed by atoms with Crippen LogP contribution >= 0.6 is 23.2 Å². The zero-order valence-corrected chi connectivity index (χ0v) is 11.2. The molecule has 0 spiro atoms. The summed E-state index contributed by atoms with van der Waals surface area (Å²) in [5, 5.41) is 14.5. The molecule has 1 aromatic heterocycles. The Hall–Kier alpha value is -1.52. The molecule has 1 aromatic carbocycles. The fourth-order valence-corrected chi connectivity index (χ4v) is 2.09. The van der Waals surface area contributed by atoms with Crippen LogP contribution in [0.1, 0.15) is 21.6 Å². The lowest BCUT2D eigenvalue weighted by atomic mass is 10.0. The van der Waals surface area contributed by atoms with Crippen LogP contribution < -0.4 is 0 Å². The molecule has 0 radical (unpaired) electrons. The molecule has 0 aliphatic carbocycles. The summed E-state index contributed by atoms with van der Waals surface area (Å²) in [6, 6.07) is 4.61. The highest BCUT2D eigenvalue weighted by Crippen LogP contribution is 2.28. The Kier molecular flexibility index (Phi) is 3.32. The van der Waals surface area contributed by atoms with Crippen molar-refractivity contribution < 1.29 is 9.90 Å². The lowest BCUT2D eigenvalue weighted by molar-refractivity contribution is 0.103. The molecule has 0 saturated carbocycles. The van der Waals surface area contributed by atoms with Crippen molar-refractivity contribution in [2.75, 3.05) is 0 Å². The summed E-state index contributed by atoms with van der Waals surface area (Å²) in [4.78, 5) is 12.3. The van der Waals surface area contributed by atoms with Crippen LogP contribution in [0.2, 0.25) is 10.0 Å². The van der Waals surface area contributed by atoms with Crippen molar-refractivity contribution in [2.45, 2.75) is 6.92 Å². The standard InChI is InChI=1S/C12H10Cl2N2O2/c1-6-10(12(18)16(2)15-6)11(17)8-5-7(13)3-4-9(8)14/h3-5,18H,1-2H3. The average Bonchev–Trinajstić information content (AvgIpc) is 2.56. The van der Waals surface area contributed by atoms with E-state index in [1.807, 2.05) is 0 Å². The van der Waals surface area contributed by atoms with E-state index in [2.05, 4.69) is 5.10 Å². The number of carbonyl (C=O) groups excluding carboxylic acids is 1. The molecular formula is C12H10Cl2N2O2.